The van der Waals surface area contributed by atoms with Crippen molar-refractivity contribution in [2.45, 2.75) is 34.6 Å². The number of aromatic nitrogens is 1. The number of nitrogens with two attached hydrogens (primary N) is 1. The van der Waals surface area contributed by atoms with E-state index in [1.54, 1.807) is 6.20 Å². The van der Waals surface area contributed by atoms with Gasteiger partial charge in [-0.1, -0.05) is 27.7 Å². The van der Waals surface area contributed by atoms with Crippen LogP contribution in [-0.4, -0.2) is 4.98 Å². The highest BCUT2D eigenvalue weighted by Gasteiger charge is 1.92. The second-order valence-electron chi connectivity index (χ2n) is 1.86. The fourth-order valence-corrected chi connectivity index (χ4v) is 0.778. The van der Waals surface area contributed by atoms with Crippen molar-refractivity contribution in [2.24, 2.45) is 0 Å². The molecule has 1 aromatic rings. The molecule has 2 N–H and O–H groups in total. The molecule has 0 fully saturated rings. The molecule has 0 unspecified atom stereocenters. The van der Waals surface area contributed by atoms with Crippen molar-refractivity contribution >= 4 is 21.7 Å². The molecular formula is C10H19BrN2. The lowest BCUT2D eigenvalue weighted by Gasteiger charge is -1.95. The summed E-state index contributed by atoms with van der Waals surface area (Å²) in [7, 11) is 0. The zero-order valence-electron chi connectivity index (χ0n) is 9.06. The predicted octanol–water partition coefficient (Wildman–Crippen LogP) is 3.79. The molecule has 0 aliphatic carbocycles. The fourth-order valence-electron chi connectivity index (χ4n) is 0.561. The molecule has 13 heavy (non-hydrogen) atoms. The summed E-state index contributed by atoms with van der Waals surface area (Å²) in [5, 5.41) is 0. The molecule has 0 atom stereocenters. The first-order valence-corrected chi connectivity index (χ1v) is 5.37. The van der Waals surface area contributed by atoms with Crippen LogP contribution in [0.1, 0.15) is 33.3 Å². The molecule has 0 aliphatic rings. The molecule has 0 saturated carbocycles. The van der Waals surface area contributed by atoms with Gasteiger partial charge in [0.15, 0.2) is 0 Å². The van der Waals surface area contributed by atoms with Gasteiger partial charge < -0.3 is 5.73 Å². The van der Waals surface area contributed by atoms with E-state index in [-0.39, 0.29) is 0 Å². The number of hydrogen-bond acceptors (Lipinski definition) is 2. The number of anilines is 1. The first-order valence-electron chi connectivity index (χ1n) is 4.58. The zero-order valence-corrected chi connectivity index (χ0v) is 10.6. The summed E-state index contributed by atoms with van der Waals surface area (Å²) in [6.45, 7) is 9.97. The van der Waals surface area contributed by atoms with E-state index in [1.807, 2.05) is 40.7 Å². The molecule has 1 aromatic heterocycles. The van der Waals surface area contributed by atoms with Crippen molar-refractivity contribution in [2.75, 3.05) is 5.73 Å². The van der Waals surface area contributed by atoms with Crippen LogP contribution < -0.4 is 5.73 Å². The number of nitrogen functional groups attached to an aromatic ring is 1. The third-order valence-electron chi connectivity index (χ3n) is 1.07. The third kappa shape index (κ3) is 6.58. The average Bonchev–Trinajstić information content (AvgIpc) is 2.18. The third-order valence-corrected chi connectivity index (χ3v) is 1.90. The highest BCUT2D eigenvalue weighted by atomic mass is 79.9. The van der Waals surface area contributed by atoms with Gasteiger partial charge in [-0.3, -0.25) is 0 Å². The van der Waals surface area contributed by atoms with Crippen LogP contribution >= 0.6 is 15.9 Å². The molecule has 0 aliphatic heterocycles. The van der Waals surface area contributed by atoms with E-state index in [1.165, 1.54) is 0 Å². The Morgan fingerprint density at radius 1 is 1.23 bits per heavy atom. The minimum atomic E-state index is 0.565. The maximum atomic E-state index is 5.40. The van der Waals surface area contributed by atoms with Gasteiger partial charge in [-0.2, -0.15) is 0 Å². The number of halogens is 1. The van der Waals surface area contributed by atoms with Gasteiger partial charge in [0.1, 0.15) is 5.82 Å². The van der Waals surface area contributed by atoms with Gasteiger partial charge in [0.2, 0.25) is 0 Å². The Kier molecular flexibility index (Phi) is 10.9. The molecule has 2 nitrogen and oxygen atoms in total. The van der Waals surface area contributed by atoms with E-state index in [4.69, 9.17) is 5.73 Å². The summed E-state index contributed by atoms with van der Waals surface area (Å²) in [4.78, 5) is 3.87. The standard InChI is InChI=1S/C6H7BrN2.2C2H6/c1-4-2-6(8)9-3-5(4)7;2*1-2/h2-3H,1H3,(H2,8,9);2*1-2H3. The number of aryl methyl sites for hydroxylation is 1. The summed E-state index contributed by atoms with van der Waals surface area (Å²) in [5.74, 6) is 0.565. The van der Waals surface area contributed by atoms with Crippen molar-refractivity contribution in [3.8, 4) is 0 Å². The van der Waals surface area contributed by atoms with Crippen molar-refractivity contribution in [1.82, 2.24) is 4.98 Å². The van der Waals surface area contributed by atoms with Crippen molar-refractivity contribution in [3.05, 3.63) is 22.3 Å². The molecule has 76 valence electrons. The smallest absolute Gasteiger partial charge is 0.123 e. The Labute approximate surface area is 89.7 Å². The molecule has 0 amide bonds. The van der Waals surface area contributed by atoms with E-state index in [0.29, 0.717) is 5.82 Å². The van der Waals surface area contributed by atoms with Crippen LogP contribution in [0.25, 0.3) is 0 Å². The Morgan fingerprint density at radius 3 is 2.00 bits per heavy atom. The summed E-state index contributed by atoms with van der Waals surface area (Å²) < 4.78 is 0.997. The molecule has 1 heterocycles. The molecule has 3 heteroatoms. The SMILES string of the molecule is CC.CC.Cc1cc(N)ncc1Br. The molecule has 0 saturated heterocycles. The monoisotopic (exact) mass is 246 g/mol. The maximum absolute atomic E-state index is 5.40. The van der Waals surface area contributed by atoms with Crippen LogP contribution in [0.15, 0.2) is 16.7 Å². The largest absolute Gasteiger partial charge is 0.384 e. The van der Waals surface area contributed by atoms with Crippen LogP contribution in [0.3, 0.4) is 0 Å². The summed E-state index contributed by atoms with van der Waals surface area (Å²) in [6.07, 6.45) is 1.70. The van der Waals surface area contributed by atoms with E-state index < -0.39 is 0 Å². The van der Waals surface area contributed by atoms with Crippen molar-refractivity contribution in [1.29, 1.82) is 0 Å². The number of rotatable bonds is 0. The lowest BCUT2D eigenvalue weighted by Crippen LogP contribution is -1.89. The molecule has 0 spiro atoms. The van der Waals surface area contributed by atoms with E-state index in [2.05, 4.69) is 20.9 Å². The first-order chi connectivity index (χ1) is 6.20. The van der Waals surface area contributed by atoms with Crippen LogP contribution in [-0.2, 0) is 0 Å². The van der Waals surface area contributed by atoms with Gasteiger partial charge >= 0.3 is 0 Å². The lowest BCUT2D eigenvalue weighted by molar-refractivity contribution is 1.27. The quantitative estimate of drug-likeness (QED) is 0.757. The van der Waals surface area contributed by atoms with Crippen LogP contribution in [0.5, 0.6) is 0 Å². The second kappa shape index (κ2) is 9.52. The summed E-state index contributed by atoms with van der Waals surface area (Å²) >= 11 is 3.31. The minimum absolute atomic E-state index is 0.565. The fraction of sp³-hybridized carbons (Fsp3) is 0.500. The molecule has 0 aromatic carbocycles. The highest BCUT2D eigenvalue weighted by Crippen LogP contribution is 2.14. The zero-order chi connectivity index (χ0) is 10.9. The number of hydrogen-bond donors (Lipinski definition) is 1. The van der Waals surface area contributed by atoms with E-state index >= 15 is 0 Å². The van der Waals surface area contributed by atoms with E-state index in [0.717, 1.165) is 10.0 Å². The number of nitrogens with zero attached hydrogens (tertiary/aromatic N) is 1. The number of pyridine rings is 1. The van der Waals surface area contributed by atoms with Gasteiger partial charge in [0.25, 0.3) is 0 Å². The van der Waals surface area contributed by atoms with Crippen LogP contribution in [0.4, 0.5) is 5.82 Å². The first kappa shape index (κ1) is 14.9. The second-order valence-corrected chi connectivity index (χ2v) is 2.71. The Morgan fingerprint density at radius 2 is 1.69 bits per heavy atom. The minimum Gasteiger partial charge on any atom is -0.384 e. The Bertz CT molecular complexity index is 224. The Hall–Kier alpha value is -0.570. The van der Waals surface area contributed by atoms with E-state index in [9.17, 15) is 0 Å². The van der Waals surface area contributed by atoms with Gasteiger partial charge in [-0.25, -0.2) is 4.98 Å². The van der Waals surface area contributed by atoms with Gasteiger partial charge in [0, 0.05) is 10.7 Å². The van der Waals surface area contributed by atoms with Crippen molar-refractivity contribution < 1.29 is 0 Å². The Balaban J connectivity index is 0. The molecular weight excluding hydrogens is 228 g/mol. The van der Waals surface area contributed by atoms with Crippen LogP contribution in [0, 0.1) is 6.92 Å². The van der Waals surface area contributed by atoms with Crippen molar-refractivity contribution in [3.63, 3.8) is 0 Å². The highest BCUT2D eigenvalue weighted by molar-refractivity contribution is 9.10. The van der Waals surface area contributed by atoms with Gasteiger partial charge in [0.05, 0.1) is 0 Å². The topological polar surface area (TPSA) is 38.9 Å². The normalized spacial score (nSPS) is 7.54. The average molecular weight is 247 g/mol. The summed E-state index contributed by atoms with van der Waals surface area (Å²) in [6, 6.07) is 1.82. The molecule has 0 radical (unpaired) electrons. The van der Waals surface area contributed by atoms with Crippen LogP contribution in [0.2, 0.25) is 0 Å². The predicted molar refractivity (Wildman–Crippen MR) is 63.8 cm³/mol. The lowest BCUT2D eigenvalue weighted by atomic mass is 10.3. The summed E-state index contributed by atoms with van der Waals surface area (Å²) in [5.41, 5.74) is 6.51. The van der Waals surface area contributed by atoms with Gasteiger partial charge in [-0.15, -0.1) is 0 Å². The molecule has 1 rings (SSSR count). The maximum Gasteiger partial charge on any atom is 0.123 e. The molecule has 0 bridgehead atoms. The van der Waals surface area contributed by atoms with Gasteiger partial charge in [-0.05, 0) is 34.5 Å².